The summed E-state index contributed by atoms with van der Waals surface area (Å²) in [6, 6.07) is 10.6. The van der Waals surface area contributed by atoms with Crippen molar-refractivity contribution in [3.63, 3.8) is 0 Å². The highest BCUT2D eigenvalue weighted by molar-refractivity contribution is 7.92. The van der Waals surface area contributed by atoms with E-state index in [0.717, 1.165) is 22.4 Å². The first-order valence-corrected chi connectivity index (χ1v) is 9.69. The summed E-state index contributed by atoms with van der Waals surface area (Å²) in [7, 11) is -3.68. The Bertz CT molecular complexity index is 931. The fourth-order valence-electron chi connectivity index (χ4n) is 3.50. The first kappa shape index (κ1) is 17.5. The van der Waals surface area contributed by atoms with Gasteiger partial charge in [-0.25, -0.2) is 8.42 Å². The Balaban J connectivity index is 1.94. The average molecular weight is 358 g/mol. The van der Waals surface area contributed by atoms with E-state index in [-0.39, 0.29) is 16.8 Å². The molecule has 25 heavy (non-hydrogen) atoms. The van der Waals surface area contributed by atoms with E-state index in [9.17, 15) is 13.2 Å². The molecule has 2 aromatic carbocycles. The SMILES string of the molecule is CC(=O)N1c2ccc(S(=O)(=O)Nc3cc(C)cc(C)c3)cc2C[C@@H]1C. The van der Waals surface area contributed by atoms with Crippen LogP contribution in [0.15, 0.2) is 41.3 Å². The first-order valence-electron chi connectivity index (χ1n) is 8.21. The van der Waals surface area contributed by atoms with Gasteiger partial charge < -0.3 is 4.90 Å². The third kappa shape index (κ3) is 3.39. The molecule has 0 fully saturated rings. The zero-order valence-corrected chi connectivity index (χ0v) is 15.6. The van der Waals surface area contributed by atoms with Crippen molar-refractivity contribution in [3.05, 3.63) is 53.1 Å². The standard InChI is InChI=1S/C19H22N2O3S/c1-12-7-13(2)9-17(8-12)20-25(23,24)18-5-6-19-16(11-18)10-14(3)21(19)15(4)22/h5-9,11,14,20H,10H2,1-4H3/t14-/m0/s1. The van der Waals surface area contributed by atoms with Gasteiger partial charge in [-0.05, 0) is 74.2 Å². The fraction of sp³-hybridized carbons (Fsp3) is 0.316. The minimum atomic E-state index is -3.68. The van der Waals surface area contributed by atoms with Crippen molar-refractivity contribution in [2.45, 2.75) is 45.1 Å². The topological polar surface area (TPSA) is 66.5 Å². The van der Waals surface area contributed by atoms with Crippen LogP contribution in [0.1, 0.15) is 30.5 Å². The second-order valence-corrected chi connectivity index (χ2v) is 8.40. The van der Waals surface area contributed by atoms with Gasteiger partial charge in [-0.15, -0.1) is 0 Å². The maximum atomic E-state index is 12.7. The van der Waals surface area contributed by atoms with Crippen LogP contribution in [0.2, 0.25) is 0 Å². The summed E-state index contributed by atoms with van der Waals surface area (Å²) < 4.78 is 28.1. The van der Waals surface area contributed by atoms with Gasteiger partial charge in [0, 0.05) is 24.3 Å². The van der Waals surface area contributed by atoms with Crippen molar-refractivity contribution in [2.75, 3.05) is 9.62 Å². The number of carbonyl (C=O) groups excluding carboxylic acids is 1. The number of sulfonamides is 1. The van der Waals surface area contributed by atoms with E-state index in [1.807, 2.05) is 26.8 Å². The van der Waals surface area contributed by atoms with Crippen LogP contribution in [0, 0.1) is 13.8 Å². The fourth-order valence-corrected chi connectivity index (χ4v) is 4.59. The molecule has 0 spiro atoms. The molecule has 1 N–H and O–H groups in total. The smallest absolute Gasteiger partial charge is 0.261 e. The molecular weight excluding hydrogens is 336 g/mol. The van der Waals surface area contributed by atoms with Gasteiger partial charge in [0.25, 0.3) is 10.0 Å². The van der Waals surface area contributed by atoms with Gasteiger partial charge in [-0.3, -0.25) is 9.52 Å². The van der Waals surface area contributed by atoms with E-state index in [1.54, 1.807) is 35.2 Å². The molecule has 0 radical (unpaired) electrons. The summed E-state index contributed by atoms with van der Waals surface area (Å²) in [5.74, 6) is -0.0322. The second-order valence-electron chi connectivity index (χ2n) is 6.71. The molecule has 5 nitrogen and oxygen atoms in total. The van der Waals surface area contributed by atoms with Crippen molar-refractivity contribution in [2.24, 2.45) is 0 Å². The van der Waals surface area contributed by atoms with Crippen LogP contribution in [0.3, 0.4) is 0 Å². The number of hydrogen-bond donors (Lipinski definition) is 1. The van der Waals surface area contributed by atoms with Gasteiger partial charge in [0.1, 0.15) is 0 Å². The number of aryl methyl sites for hydroxylation is 2. The molecule has 1 amide bonds. The lowest BCUT2D eigenvalue weighted by molar-refractivity contribution is -0.116. The number of amides is 1. The molecule has 0 aliphatic carbocycles. The molecule has 1 aliphatic rings. The van der Waals surface area contributed by atoms with E-state index in [0.29, 0.717) is 12.1 Å². The molecule has 1 atom stereocenters. The molecule has 0 saturated carbocycles. The maximum Gasteiger partial charge on any atom is 0.261 e. The highest BCUT2D eigenvalue weighted by Gasteiger charge is 2.30. The molecule has 1 aliphatic heterocycles. The number of benzene rings is 2. The van der Waals surface area contributed by atoms with Gasteiger partial charge in [0.15, 0.2) is 0 Å². The molecule has 6 heteroatoms. The van der Waals surface area contributed by atoms with Crippen LogP contribution in [0.4, 0.5) is 11.4 Å². The number of fused-ring (bicyclic) bond motifs is 1. The minimum absolute atomic E-state index is 0.0322. The van der Waals surface area contributed by atoms with Crippen LogP contribution < -0.4 is 9.62 Å². The predicted molar refractivity (Wildman–Crippen MR) is 99.5 cm³/mol. The van der Waals surface area contributed by atoms with Gasteiger partial charge in [0.05, 0.1) is 4.90 Å². The van der Waals surface area contributed by atoms with Crippen LogP contribution in [-0.2, 0) is 21.2 Å². The monoisotopic (exact) mass is 358 g/mol. The molecule has 0 unspecified atom stereocenters. The number of nitrogens with zero attached hydrogens (tertiary/aromatic N) is 1. The second kappa shape index (κ2) is 6.19. The molecule has 0 aromatic heterocycles. The Morgan fingerprint density at radius 1 is 1.12 bits per heavy atom. The third-order valence-corrected chi connectivity index (χ3v) is 5.77. The van der Waals surface area contributed by atoms with E-state index in [4.69, 9.17) is 0 Å². The number of rotatable bonds is 3. The van der Waals surface area contributed by atoms with Gasteiger partial charge in [0.2, 0.25) is 5.91 Å². The Kier molecular flexibility index (Phi) is 4.33. The van der Waals surface area contributed by atoms with Crippen molar-refractivity contribution in [1.29, 1.82) is 0 Å². The Morgan fingerprint density at radius 2 is 1.76 bits per heavy atom. The van der Waals surface area contributed by atoms with E-state index >= 15 is 0 Å². The van der Waals surface area contributed by atoms with Crippen LogP contribution in [-0.4, -0.2) is 20.4 Å². The van der Waals surface area contributed by atoms with Crippen LogP contribution >= 0.6 is 0 Å². The Labute approximate surface area is 148 Å². The van der Waals surface area contributed by atoms with E-state index in [2.05, 4.69) is 4.72 Å². The highest BCUT2D eigenvalue weighted by Crippen LogP contribution is 2.34. The summed E-state index contributed by atoms with van der Waals surface area (Å²) in [5, 5.41) is 0. The average Bonchev–Trinajstić information content (AvgIpc) is 2.80. The Morgan fingerprint density at radius 3 is 2.36 bits per heavy atom. The summed E-state index contributed by atoms with van der Waals surface area (Å²) >= 11 is 0. The normalized spacial score (nSPS) is 16.6. The van der Waals surface area contributed by atoms with E-state index < -0.39 is 10.0 Å². The third-order valence-electron chi connectivity index (χ3n) is 4.39. The van der Waals surface area contributed by atoms with Crippen LogP contribution in [0.25, 0.3) is 0 Å². The lowest BCUT2D eigenvalue weighted by Crippen LogP contribution is -2.33. The predicted octanol–water partition coefficient (Wildman–Crippen LogP) is 3.40. The molecule has 132 valence electrons. The lowest BCUT2D eigenvalue weighted by atomic mass is 10.1. The Hall–Kier alpha value is -2.34. The number of carbonyl (C=O) groups is 1. The van der Waals surface area contributed by atoms with Crippen molar-refractivity contribution < 1.29 is 13.2 Å². The molecule has 2 aromatic rings. The number of hydrogen-bond acceptors (Lipinski definition) is 3. The van der Waals surface area contributed by atoms with Gasteiger partial charge >= 0.3 is 0 Å². The quantitative estimate of drug-likeness (QED) is 0.914. The van der Waals surface area contributed by atoms with Gasteiger partial charge in [-0.2, -0.15) is 0 Å². The largest absolute Gasteiger partial charge is 0.309 e. The summed E-state index contributed by atoms with van der Waals surface area (Å²) in [6.07, 6.45) is 0.655. The lowest BCUT2D eigenvalue weighted by Gasteiger charge is -2.20. The molecule has 1 heterocycles. The van der Waals surface area contributed by atoms with Crippen molar-refractivity contribution in [3.8, 4) is 0 Å². The minimum Gasteiger partial charge on any atom is -0.309 e. The van der Waals surface area contributed by atoms with Gasteiger partial charge in [-0.1, -0.05) is 6.07 Å². The summed E-state index contributed by atoms with van der Waals surface area (Å²) in [5.41, 5.74) is 4.23. The highest BCUT2D eigenvalue weighted by atomic mass is 32.2. The summed E-state index contributed by atoms with van der Waals surface area (Å²) in [4.78, 5) is 13.7. The molecule has 3 rings (SSSR count). The number of anilines is 2. The van der Waals surface area contributed by atoms with Crippen molar-refractivity contribution in [1.82, 2.24) is 0 Å². The maximum absolute atomic E-state index is 12.7. The van der Waals surface area contributed by atoms with Crippen molar-refractivity contribution >= 4 is 27.3 Å². The molecular formula is C19H22N2O3S. The molecule has 0 bridgehead atoms. The zero-order chi connectivity index (χ0) is 18.4. The number of nitrogens with one attached hydrogen (secondary N) is 1. The van der Waals surface area contributed by atoms with Crippen LogP contribution in [0.5, 0.6) is 0 Å². The first-order chi connectivity index (χ1) is 11.7. The molecule has 0 saturated heterocycles. The summed E-state index contributed by atoms with van der Waals surface area (Å²) in [6.45, 7) is 7.34. The van der Waals surface area contributed by atoms with E-state index in [1.165, 1.54) is 6.92 Å². The zero-order valence-electron chi connectivity index (χ0n) is 14.8.